The summed E-state index contributed by atoms with van der Waals surface area (Å²) in [4.78, 5) is 11.2. The van der Waals surface area contributed by atoms with Crippen LogP contribution in [0.15, 0.2) is 12.2 Å². The first-order valence-corrected chi connectivity index (χ1v) is 5.71. The summed E-state index contributed by atoms with van der Waals surface area (Å²) in [6.45, 7) is 5.38. The summed E-state index contributed by atoms with van der Waals surface area (Å²) < 4.78 is 21.3. The van der Waals surface area contributed by atoms with Crippen LogP contribution in [0.1, 0.15) is 20.8 Å². The van der Waals surface area contributed by atoms with Crippen molar-refractivity contribution in [1.29, 1.82) is 0 Å². The number of hydrogen-bond acceptors (Lipinski definition) is 4. The minimum Gasteiger partial charge on any atom is -0.303 e. The molecule has 0 amide bonds. The van der Waals surface area contributed by atoms with Crippen molar-refractivity contribution in [2.45, 2.75) is 20.8 Å². The van der Waals surface area contributed by atoms with E-state index in [-0.39, 0.29) is 13.2 Å². The monoisotopic (exact) mass is 206 g/mol. The predicted molar refractivity (Wildman–Crippen MR) is 50.7 cm³/mol. The molecule has 0 bridgehead atoms. The van der Waals surface area contributed by atoms with Crippen molar-refractivity contribution >= 4 is 13.1 Å². The van der Waals surface area contributed by atoms with E-state index in [0.29, 0.717) is 0 Å². The molecule has 0 saturated carbocycles. The zero-order valence-electron chi connectivity index (χ0n) is 8.15. The molecule has 76 valence electrons. The van der Waals surface area contributed by atoms with Gasteiger partial charge in [0, 0.05) is 0 Å². The molecule has 0 unspecified atom stereocenters. The normalized spacial score (nSPS) is 12.2. The first-order chi connectivity index (χ1) is 6.10. The second kappa shape index (κ2) is 6.08. The lowest BCUT2D eigenvalue weighted by Gasteiger charge is -2.12. The van der Waals surface area contributed by atoms with E-state index in [1.807, 2.05) is 0 Å². The van der Waals surface area contributed by atoms with Gasteiger partial charge in [0.15, 0.2) is 0 Å². The van der Waals surface area contributed by atoms with E-state index < -0.39 is 13.1 Å². The summed E-state index contributed by atoms with van der Waals surface area (Å²) in [6.07, 6.45) is 2.71. The molecule has 0 aliphatic heterocycles. The van der Waals surface area contributed by atoms with Gasteiger partial charge in [-0.05, 0) is 26.8 Å². The Kier molecular flexibility index (Phi) is 5.88. The highest BCUT2D eigenvalue weighted by atomic mass is 31.2. The van der Waals surface area contributed by atoms with Crippen LogP contribution >= 0.6 is 7.60 Å². The second-order valence-electron chi connectivity index (χ2n) is 2.17. The predicted octanol–water partition coefficient (Wildman–Crippen LogP) is 2.36. The molecule has 0 fully saturated rings. The Hall–Kier alpha value is -0.440. The minimum absolute atomic E-state index is 0.195. The molecule has 13 heavy (non-hydrogen) atoms. The van der Waals surface area contributed by atoms with Crippen LogP contribution in [0.4, 0.5) is 0 Å². The Bertz CT molecular complexity index is 224. The average Bonchev–Trinajstić information content (AvgIpc) is 2.05. The molecule has 0 aromatic rings. The van der Waals surface area contributed by atoms with Crippen molar-refractivity contribution < 1.29 is 18.4 Å². The molecule has 0 aromatic heterocycles. The van der Waals surface area contributed by atoms with Crippen LogP contribution in [0.5, 0.6) is 0 Å². The largest absolute Gasteiger partial charge is 0.400 e. The fourth-order valence-corrected chi connectivity index (χ4v) is 2.08. The van der Waals surface area contributed by atoms with Crippen LogP contribution in [-0.4, -0.2) is 18.7 Å². The Morgan fingerprint density at radius 1 is 1.31 bits per heavy atom. The summed E-state index contributed by atoms with van der Waals surface area (Å²) in [5, 5.41) is 0. The third kappa shape index (κ3) is 3.85. The summed E-state index contributed by atoms with van der Waals surface area (Å²) in [5.41, 5.74) is -0.598. The van der Waals surface area contributed by atoms with Gasteiger partial charge in [0.1, 0.15) is 0 Å². The smallest absolute Gasteiger partial charge is 0.303 e. The molecule has 0 spiro atoms. The van der Waals surface area contributed by atoms with Crippen molar-refractivity contribution in [1.82, 2.24) is 0 Å². The SMILES string of the molecule is C/C=C/C(=O)P(=O)(OCC)OCC. The number of hydrogen-bond donors (Lipinski definition) is 0. The fraction of sp³-hybridized carbons (Fsp3) is 0.625. The van der Waals surface area contributed by atoms with E-state index in [4.69, 9.17) is 9.05 Å². The lowest BCUT2D eigenvalue weighted by molar-refractivity contribution is -0.109. The van der Waals surface area contributed by atoms with Crippen LogP contribution < -0.4 is 0 Å². The highest BCUT2D eigenvalue weighted by Crippen LogP contribution is 2.49. The highest BCUT2D eigenvalue weighted by Gasteiger charge is 2.31. The topological polar surface area (TPSA) is 52.6 Å². The van der Waals surface area contributed by atoms with Gasteiger partial charge in [0.05, 0.1) is 13.2 Å². The molecule has 0 aliphatic rings. The highest BCUT2D eigenvalue weighted by molar-refractivity contribution is 7.72. The first-order valence-electron chi connectivity index (χ1n) is 4.17. The van der Waals surface area contributed by atoms with E-state index in [1.165, 1.54) is 12.2 Å². The Labute approximate surface area is 78.5 Å². The van der Waals surface area contributed by atoms with Crippen LogP contribution in [0.2, 0.25) is 0 Å². The van der Waals surface area contributed by atoms with Crippen molar-refractivity contribution in [2.75, 3.05) is 13.2 Å². The lowest BCUT2D eigenvalue weighted by Crippen LogP contribution is -2.04. The van der Waals surface area contributed by atoms with E-state index in [1.54, 1.807) is 20.8 Å². The van der Waals surface area contributed by atoms with Crippen LogP contribution in [0, 0.1) is 0 Å². The Balaban J connectivity index is 4.57. The third-order valence-corrected chi connectivity index (χ3v) is 3.06. The quantitative estimate of drug-likeness (QED) is 0.494. The maximum absolute atomic E-state index is 11.7. The van der Waals surface area contributed by atoms with Crippen molar-refractivity contribution in [3.63, 3.8) is 0 Å². The zero-order valence-corrected chi connectivity index (χ0v) is 9.04. The summed E-state index contributed by atoms with van der Waals surface area (Å²) in [6, 6.07) is 0. The van der Waals surface area contributed by atoms with Gasteiger partial charge in [0.2, 0.25) is 0 Å². The molecule has 0 radical (unpaired) electrons. The molecular formula is C8H15O4P. The fourth-order valence-electron chi connectivity index (χ4n) is 0.738. The van der Waals surface area contributed by atoms with Crippen molar-refractivity contribution in [2.24, 2.45) is 0 Å². The average molecular weight is 206 g/mol. The van der Waals surface area contributed by atoms with E-state index in [2.05, 4.69) is 0 Å². The molecule has 0 saturated heterocycles. The number of rotatable bonds is 6. The summed E-state index contributed by atoms with van der Waals surface area (Å²) in [7, 11) is -3.55. The Morgan fingerprint density at radius 3 is 2.08 bits per heavy atom. The molecule has 0 aromatic carbocycles. The van der Waals surface area contributed by atoms with E-state index in [0.717, 1.165) is 0 Å². The van der Waals surface area contributed by atoms with Gasteiger partial charge < -0.3 is 9.05 Å². The Morgan fingerprint density at radius 2 is 1.77 bits per heavy atom. The van der Waals surface area contributed by atoms with Crippen LogP contribution in [-0.2, 0) is 18.4 Å². The molecule has 0 aliphatic carbocycles. The van der Waals surface area contributed by atoms with Gasteiger partial charge in [-0.25, -0.2) is 0 Å². The van der Waals surface area contributed by atoms with Gasteiger partial charge >= 0.3 is 7.60 Å². The van der Waals surface area contributed by atoms with Gasteiger partial charge in [-0.3, -0.25) is 9.36 Å². The minimum atomic E-state index is -3.55. The maximum Gasteiger partial charge on any atom is 0.400 e. The van der Waals surface area contributed by atoms with Crippen LogP contribution in [0.3, 0.4) is 0 Å². The third-order valence-electron chi connectivity index (χ3n) is 1.18. The van der Waals surface area contributed by atoms with E-state index >= 15 is 0 Å². The molecule has 0 rings (SSSR count). The standard InChI is InChI=1S/C8H15O4P/c1-4-7-8(9)13(10,11-5-2)12-6-3/h4,7H,5-6H2,1-3H3/b7-4+. The van der Waals surface area contributed by atoms with Gasteiger partial charge in [-0.1, -0.05) is 6.08 Å². The molecular weight excluding hydrogens is 191 g/mol. The maximum atomic E-state index is 11.7. The zero-order chi connectivity index (χ0) is 10.3. The van der Waals surface area contributed by atoms with Crippen LogP contribution in [0.25, 0.3) is 0 Å². The molecule has 5 heteroatoms. The lowest BCUT2D eigenvalue weighted by atomic mass is 10.6. The summed E-state index contributed by atoms with van der Waals surface area (Å²) in [5.74, 6) is 0. The molecule has 0 atom stereocenters. The van der Waals surface area contributed by atoms with Gasteiger partial charge in [0.25, 0.3) is 5.52 Å². The van der Waals surface area contributed by atoms with E-state index in [9.17, 15) is 9.36 Å². The number of carbonyl (C=O) groups excluding carboxylic acids is 1. The number of carbonyl (C=O) groups is 1. The van der Waals surface area contributed by atoms with Gasteiger partial charge in [-0.2, -0.15) is 0 Å². The van der Waals surface area contributed by atoms with Crippen molar-refractivity contribution in [3.05, 3.63) is 12.2 Å². The molecule has 0 heterocycles. The molecule has 0 N–H and O–H groups in total. The summed E-state index contributed by atoms with van der Waals surface area (Å²) >= 11 is 0. The molecule has 4 nitrogen and oxygen atoms in total. The first kappa shape index (κ1) is 12.6. The van der Waals surface area contributed by atoms with Gasteiger partial charge in [-0.15, -0.1) is 0 Å². The van der Waals surface area contributed by atoms with Crippen molar-refractivity contribution in [3.8, 4) is 0 Å². The number of allylic oxidation sites excluding steroid dienone is 2. The second-order valence-corrected chi connectivity index (χ2v) is 4.12.